The Hall–Kier alpha value is -1.35. The van der Waals surface area contributed by atoms with Gasteiger partial charge >= 0.3 is 0 Å². The van der Waals surface area contributed by atoms with Crippen LogP contribution in [0.4, 0.5) is 0 Å². The van der Waals surface area contributed by atoms with Gasteiger partial charge in [0.1, 0.15) is 0 Å². The molecule has 2 unspecified atom stereocenters. The SMILES string of the molecule is NC(=O)C1CNCC(c2ccccc2)C1. The van der Waals surface area contributed by atoms with Crippen molar-refractivity contribution in [3.8, 4) is 0 Å². The van der Waals surface area contributed by atoms with Crippen LogP contribution in [0.3, 0.4) is 0 Å². The third kappa shape index (κ3) is 2.36. The standard InChI is InChI=1S/C12H16N2O/c13-12(15)11-6-10(7-14-8-11)9-4-2-1-3-5-9/h1-5,10-11,14H,6-8H2,(H2,13,15). The predicted octanol–water partition coefficient (Wildman–Crippen LogP) is 0.865. The summed E-state index contributed by atoms with van der Waals surface area (Å²) in [4.78, 5) is 11.1. The van der Waals surface area contributed by atoms with Crippen LogP contribution >= 0.6 is 0 Å². The molecule has 1 aliphatic heterocycles. The summed E-state index contributed by atoms with van der Waals surface area (Å²) >= 11 is 0. The Labute approximate surface area is 89.7 Å². The summed E-state index contributed by atoms with van der Waals surface area (Å²) < 4.78 is 0. The predicted molar refractivity (Wildman–Crippen MR) is 59.4 cm³/mol. The van der Waals surface area contributed by atoms with Crippen LogP contribution in [0.5, 0.6) is 0 Å². The average molecular weight is 204 g/mol. The van der Waals surface area contributed by atoms with Gasteiger partial charge < -0.3 is 11.1 Å². The highest BCUT2D eigenvalue weighted by molar-refractivity contribution is 5.77. The summed E-state index contributed by atoms with van der Waals surface area (Å²) in [5.41, 5.74) is 6.62. The van der Waals surface area contributed by atoms with Gasteiger partial charge in [-0.25, -0.2) is 0 Å². The number of rotatable bonds is 2. The van der Waals surface area contributed by atoms with Gasteiger partial charge in [-0.1, -0.05) is 30.3 Å². The van der Waals surface area contributed by atoms with Gasteiger partial charge in [0.25, 0.3) is 0 Å². The fourth-order valence-corrected chi connectivity index (χ4v) is 2.14. The van der Waals surface area contributed by atoms with Crippen molar-refractivity contribution in [2.45, 2.75) is 12.3 Å². The Kier molecular flexibility index (Phi) is 3.02. The van der Waals surface area contributed by atoms with Gasteiger partial charge in [-0.05, 0) is 17.9 Å². The molecule has 1 heterocycles. The lowest BCUT2D eigenvalue weighted by Gasteiger charge is -2.28. The first-order valence-electron chi connectivity index (χ1n) is 5.32. The number of carbonyl (C=O) groups excluding carboxylic acids is 1. The molecule has 80 valence electrons. The lowest BCUT2D eigenvalue weighted by atomic mass is 9.85. The minimum absolute atomic E-state index is 0.0241. The molecular weight excluding hydrogens is 188 g/mol. The Morgan fingerprint density at radius 2 is 2.00 bits per heavy atom. The third-order valence-electron chi connectivity index (χ3n) is 3.02. The zero-order chi connectivity index (χ0) is 10.7. The maximum absolute atomic E-state index is 11.1. The molecule has 0 aliphatic carbocycles. The van der Waals surface area contributed by atoms with Crippen molar-refractivity contribution in [1.82, 2.24) is 5.32 Å². The van der Waals surface area contributed by atoms with Gasteiger partial charge in [-0.2, -0.15) is 0 Å². The van der Waals surface area contributed by atoms with E-state index >= 15 is 0 Å². The first-order chi connectivity index (χ1) is 7.27. The van der Waals surface area contributed by atoms with Crippen molar-refractivity contribution in [1.29, 1.82) is 0 Å². The molecule has 3 N–H and O–H groups in total. The van der Waals surface area contributed by atoms with Crippen molar-refractivity contribution in [3.05, 3.63) is 35.9 Å². The molecule has 0 aromatic heterocycles. The van der Waals surface area contributed by atoms with Gasteiger partial charge in [-0.3, -0.25) is 4.79 Å². The zero-order valence-corrected chi connectivity index (χ0v) is 8.65. The highest BCUT2D eigenvalue weighted by Gasteiger charge is 2.25. The normalized spacial score (nSPS) is 26.1. The summed E-state index contributed by atoms with van der Waals surface area (Å²) in [6.45, 7) is 1.66. The summed E-state index contributed by atoms with van der Waals surface area (Å²) in [7, 11) is 0. The molecule has 2 atom stereocenters. The zero-order valence-electron chi connectivity index (χ0n) is 8.65. The van der Waals surface area contributed by atoms with Gasteiger partial charge in [0, 0.05) is 13.1 Å². The number of piperidine rings is 1. The largest absolute Gasteiger partial charge is 0.369 e. The molecule has 15 heavy (non-hydrogen) atoms. The van der Waals surface area contributed by atoms with E-state index < -0.39 is 0 Å². The Morgan fingerprint density at radius 1 is 1.27 bits per heavy atom. The molecule has 0 radical (unpaired) electrons. The molecule has 1 fully saturated rings. The van der Waals surface area contributed by atoms with E-state index in [2.05, 4.69) is 17.4 Å². The summed E-state index contributed by atoms with van der Waals surface area (Å²) in [6, 6.07) is 10.3. The molecule has 0 saturated carbocycles. The second-order valence-corrected chi connectivity index (χ2v) is 4.10. The molecule has 1 saturated heterocycles. The van der Waals surface area contributed by atoms with Crippen molar-refractivity contribution >= 4 is 5.91 Å². The Morgan fingerprint density at radius 3 is 2.67 bits per heavy atom. The molecular formula is C12H16N2O. The second kappa shape index (κ2) is 4.45. The van der Waals surface area contributed by atoms with E-state index in [4.69, 9.17) is 5.73 Å². The number of carbonyl (C=O) groups is 1. The molecule has 3 nitrogen and oxygen atoms in total. The number of hydrogen-bond acceptors (Lipinski definition) is 2. The van der Waals surface area contributed by atoms with Gasteiger partial charge in [0.15, 0.2) is 0 Å². The van der Waals surface area contributed by atoms with Crippen molar-refractivity contribution in [3.63, 3.8) is 0 Å². The lowest BCUT2D eigenvalue weighted by Crippen LogP contribution is -2.41. The Bertz CT molecular complexity index is 337. The first kappa shape index (κ1) is 10.2. The summed E-state index contributed by atoms with van der Waals surface area (Å²) in [5.74, 6) is 0.199. The van der Waals surface area contributed by atoms with Crippen LogP contribution in [-0.4, -0.2) is 19.0 Å². The van der Waals surface area contributed by atoms with E-state index in [-0.39, 0.29) is 11.8 Å². The molecule has 2 rings (SSSR count). The van der Waals surface area contributed by atoms with E-state index in [0.717, 1.165) is 19.5 Å². The van der Waals surface area contributed by atoms with E-state index in [1.165, 1.54) is 5.56 Å². The highest BCUT2D eigenvalue weighted by Crippen LogP contribution is 2.25. The number of primary amides is 1. The van der Waals surface area contributed by atoms with Crippen LogP contribution < -0.4 is 11.1 Å². The van der Waals surface area contributed by atoms with Gasteiger partial charge in [-0.15, -0.1) is 0 Å². The number of nitrogens with one attached hydrogen (secondary N) is 1. The lowest BCUT2D eigenvalue weighted by molar-refractivity contribution is -0.122. The first-order valence-corrected chi connectivity index (χ1v) is 5.32. The minimum atomic E-state index is -0.192. The summed E-state index contributed by atoms with van der Waals surface area (Å²) in [6.07, 6.45) is 0.867. The van der Waals surface area contributed by atoms with Crippen molar-refractivity contribution < 1.29 is 4.79 Å². The fraction of sp³-hybridized carbons (Fsp3) is 0.417. The number of nitrogens with two attached hydrogens (primary N) is 1. The maximum atomic E-state index is 11.1. The van der Waals surface area contributed by atoms with E-state index in [1.807, 2.05) is 18.2 Å². The molecule has 1 amide bonds. The molecule has 0 bridgehead atoms. The summed E-state index contributed by atoms with van der Waals surface area (Å²) in [5, 5.41) is 3.26. The van der Waals surface area contributed by atoms with E-state index in [0.29, 0.717) is 5.92 Å². The van der Waals surface area contributed by atoms with Crippen LogP contribution in [0, 0.1) is 5.92 Å². The van der Waals surface area contributed by atoms with E-state index in [1.54, 1.807) is 0 Å². The number of benzene rings is 1. The van der Waals surface area contributed by atoms with Crippen molar-refractivity contribution in [2.24, 2.45) is 11.7 Å². The number of hydrogen-bond donors (Lipinski definition) is 2. The maximum Gasteiger partial charge on any atom is 0.221 e. The van der Waals surface area contributed by atoms with Crippen LogP contribution in [0.1, 0.15) is 17.9 Å². The second-order valence-electron chi connectivity index (χ2n) is 4.10. The van der Waals surface area contributed by atoms with Gasteiger partial charge in [0.2, 0.25) is 5.91 Å². The van der Waals surface area contributed by atoms with Crippen molar-refractivity contribution in [2.75, 3.05) is 13.1 Å². The number of amides is 1. The Balaban J connectivity index is 2.08. The van der Waals surface area contributed by atoms with Gasteiger partial charge in [0.05, 0.1) is 5.92 Å². The highest BCUT2D eigenvalue weighted by atomic mass is 16.1. The third-order valence-corrected chi connectivity index (χ3v) is 3.02. The van der Waals surface area contributed by atoms with Crippen LogP contribution in [0.15, 0.2) is 30.3 Å². The van der Waals surface area contributed by atoms with Crippen LogP contribution in [0.2, 0.25) is 0 Å². The van der Waals surface area contributed by atoms with Crippen LogP contribution in [-0.2, 0) is 4.79 Å². The van der Waals surface area contributed by atoms with Crippen LogP contribution in [0.25, 0.3) is 0 Å². The molecule has 1 aliphatic rings. The quantitative estimate of drug-likeness (QED) is 0.751. The topological polar surface area (TPSA) is 55.1 Å². The smallest absolute Gasteiger partial charge is 0.221 e. The molecule has 1 aromatic rings. The molecule has 3 heteroatoms. The minimum Gasteiger partial charge on any atom is -0.369 e. The van der Waals surface area contributed by atoms with E-state index in [9.17, 15) is 4.79 Å². The fourth-order valence-electron chi connectivity index (χ4n) is 2.14. The monoisotopic (exact) mass is 204 g/mol. The average Bonchev–Trinajstić information content (AvgIpc) is 2.30. The molecule has 1 aromatic carbocycles. The molecule has 0 spiro atoms.